The van der Waals surface area contributed by atoms with Crippen LogP contribution in [-0.2, 0) is 0 Å². The van der Waals surface area contributed by atoms with E-state index < -0.39 is 0 Å². The van der Waals surface area contributed by atoms with Gasteiger partial charge < -0.3 is 0 Å². The van der Waals surface area contributed by atoms with Crippen LogP contribution in [0.15, 0.2) is 41.0 Å². The molecule has 80 valence electrons. The number of benzene rings is 1. The van der Waals surface area contributed by atoms with Gasteiger partial charge in [0.25, 0.3) is 0 Å². The molecule has 0 N–H and O–H groups in total. The fourth-order valence-corrected chi connectivity index (χ4v) is 1.74. The average molecular weight is 211 g/mol. The zero-order chi connectivity index (χ0) is 11.5. The topological polar surface area (TPSA) is 39.4 Å². The predicted molar refractivity (Wildman–Crippen MR) is 65.3 cm³/mol. The number of hydrogen-bond donors (Lipinski definition) is 0. The maximum Gasteiger partial charge on any atom is 0.0991 e. The standard InChI is InChI=1S/C13H13N3/c1-10-7-11(2)16(15-9-10)13-5-3-12(8-14)4-6-13/h3-7,9,11H,1-2H3. The maximum atomic E-state index is 8.72. The second kappa shape index (κ2) is 4.19. The van der Waals surface area contributed by atoms with Crippen molar-refractivity contribution in [2.24, 2.45) is 5.10 Å². The summed E-state index contributed by atoms with van der Waals surface area (Å²) in [5, 5.41) is 15.0. The molecule has 0 saturated heterocycles. The van der Waals surface area contributed by atoms with Crippen LogP contribution in [0.1, 0.15) is 19.4 Å². The fourth-order valence-electron chi connectivity index (χ4n) is 1.74. The first-order chi connectivity index (χ1) is 7.70. The molecule has 0 radical (unpaired) electrons. The summed E-state index contributed by atoms with van der Waals surface area (Å²) in [5.41, 5.74) is 2.85. The Morgan fingerprint density at radius 2 is 2.00 bits per heavy atom. The van der Waals surface area contributed by atoms with Gasteiger partial charge in [-0.05, 0) is 43.7 Å². The molecule has 0 aromatic heterocycles. The van der Waals surface area contributed by atoms with Gasteiger partial charge in [0.1, 0.15) is 0 Å². The molecule has 3 nitrogen and oxygen atoms in total. The molecule has 1 aromatic rings. The summed E-state index contributed by atoms with van der Waals surface area (Å²) in [6.45, 7) is 4.13. The normalized spacial score (nSPS) is 19.2. The summed E-state index contributed by atoms with van der Waals surface area (Å²) in [5.74, 6) is 0. The molecule has 0 saturated carbocycles. The molecule has 0 amide bonds. The highest BCUT2D eigenvalue weighted by Crippen LogP contribution is 2.21. The van der Waals surface area contributed by atoms with E-state index in [1.54, 1.807) is 0 Å². The van der Waals surface area contributed by atoms with Crippen LogP contribution in [0.3, 0.4) is 0 Å². The van der Waals surface area contributed by atoms with Crippen LogP contribution in [0.5, 0.6) is 0 Å². The van der Waals surface area contributed by atoms with Crippen molar-refractivity contribution >= 4 is 11.9 Å². The van der Waals surface area contributed by atoms with E-state index in [-0.39, 0.29) is 6.04 Å². The minimum atomic E-state index is 0.248. The minimum absolute atomic E-state index is 0.248. The third-order valence-corrected chi connectivity index (χ3v) is 2.54. The van der Waals surface area contributed by atoms with Crippen LogP contribution in [0.4, 0.5) is 5.69 Å². The lowest BCUT2D eigenvalue weighted by atomic mass is 10.1. The van der Waals surface area contributed by atoms with Crippen molar-refractivity contribution < 1.29 is 0 Å². The van der Waals surface area contributed by atoms with Crippen LogP contribution in [0, 0.1) is 11.3 Å². The Labute approximate surface area is 95.3 Å². The quantitative estimate of drug-likeness (QED) is 0.716. The van der Waals surface area contributed by atoms with Gasteiger partial charge in [-0.15, -0.1) is 0 Å². The lowest BCUT2D eigenvalue weighted by Gasteiger charge is -2.27. The van der Waals surface area contributed by atoms with E-state index in [0.29, 0.717) is 5.56 Å². The van der Waals surface area contributed by atoms with Gasteiger partial charge in [0, 0.05) is 0 Å². The van der Waals surface area contributed by atoms with Crippen LogP contribution in [0.25, 0.3) is 0 Å². The Hall–Kier alpha value is -2.08. The van der Waals surface area contributed by atoms with Crippen LogP contribution in [-0.4, -0.2) is 12.3 Å². The number of hydrogen-bond acceptors (Lipinski definition) is 3. The number of allylic oxidation sites excluding steroid dienone is 1. The molecule has 1 unspecified atom stereocenters. The highest BCUT2D eigenvalue weighted by atomic mass is 15.5. The van der Waals surface area contributed by atoms with E-state index in [1.807, 2.05) is 42.4 Å². The smallest absolute Gasteiger partial charge is 0.0991 e. The van der Waals surface area contributed by atoms with Gasteiger partial charge in [0.15, 0.2) is 0 Å². The summed E-state index contributed by atoms with van der Waals surface area (Å²) < 4.78 is 0. The molecule has 16 heavy (non-hydrogen) atoms. The van der Waals surface area contributed by atoms with Crippen LogP contribution >= 0.6 is 0 Å². The van der Waals surface area contributed by atoms with Gasteiger partial charge >= 0.3 is 0 Å². The van der Waals surface area contributed by atoms with Crippen LogP contribution < -0.4 is 5.01 Å². The van der Waals surface area contributed by atoms with E-state index in [0.717, 1.165) is 5.69 Å². The minimum Gasteiger partial charge on any atom is -0.259 e. The fraction of sp³-hybridized carbons (Fsp3) is 0.231. The van der Waals surface area contributed by atoms with Crippen molar-refractivity contribution in [1.29, 1.82) is 5.26 Å². The molecule has 0 aliphatic carbocycles. The molecule has 1 atom stereocenters. The van der Waals surface area contributed by atoms with Crippen molar-refractivity contribution in [2.45, 2.75) is 19.9 Å². The van der Waals surface area contributed by atoms with Gasteiger partial charge in [-0.25, -0.2) is 0 Å². The maximum absolute atomic E-state index is 8.72. The highest BCUT2D eigenvalue weighted by Gasteiger charge is 2.14. The molecule has 0 spiro atoms. The molecule has 1 aliphatic heterocycles. The molecule has 0 fully saturated rings. The monoisotopic (exact) mass is 211 g/mol. The largest absolute Gasteiger partial charge is 0.259 e. The molecular weight excluding hydrogens is 198 g/mol. The Morgan fingerprint density at radius 1 is 1.31 bits per heavy atom. The van der Waals surface area contributed by atoms with E-state index in [9.17, 15) is 0 Å². The molecule has 3 heteroatoms. The molecule has 0 bridgehead atoms. The third kappa shape index (κ3) is 1.96. The lowest BCUT2D eigenvalue weighted by Crippen LogP contribution is -2.29. The highest BCUT2D eigenvalue weighted by molar-refractivity contribution is 5.80. The van der Waals surface area contributed by atoms with Crippen molar-refractivity contribution in [3.05, 3.63) is 41.5 Å². The third-order valence-electron chi connectivity index (χ3n) is 2.54. The lowest BCUT2D eigenvalue weighted by molar-refractivity contribution is 0.762. The number of rotatable bonds is 1. The first kappa shape index (κ1) is 10.4. The van der Waals surface area contributed by atoms with E-state index in [4.69, 9.17) is 5.26 Å². The van der Waals surface area contributed by atoms with Crippen LogP contribution in [0.2, 0.25) is 0 Å². The number of nitrogens with zero attached hydrogens (tertiary/aromatic N) is 3. The van der Waals surface area contributed by atoms with Crippen molar-refractivity contribution in [3.63, 3.8) is 0 Å². The molecule has 1 aliphatic rings. The van der Waals surface area contributed by atoms with Gasteiger partial charge in [0.05, 0.1) is 29.6 Å². The molecule has 1 aromatic carbocycles. The van der Waals surface area contributed by atoms with Crippen molar-refractivity contribution in [3.8, 4) is 6.07 Å². The zero-order valence-corrected chi connectivity index (χ0v) is 9.38. The molecule has 2 rings (SSSR count). The SMILES string of the molecule is CC1=CC(C)N(c2ccc(C#N)cc2)N=C1. The predicted octanol–water partition coefficient (Wildman–Crippen LogP) is 2.70. The summed E-state index contributed by atoms with van der Waals surface area (Å²) >= 11 is 0. The van der Waals surface area contributed by atoms with E-state index in [1.165, 1.54) is 5.57 Å². The Balaban J connectivity index is 2.26. The second-order valence-electron chi connectivity index (χ2n) is 3.90. The Bertz CT molecular complexity index is 477. The zero-order valence-electron chi connectivity index (χ0n) is 9.38. The van der Waals surface area contributed by atoms with E-state index in [2.05, 4.69) is 24.2 Å². The van der Waals surface area contributed by atoms with Gasteiger partial charge in [-0.1, -0.05) is 6.08 Å². The van der Waals surface area contributed by atoms with Gasteiger partial charge in [0.2, 0.25) is 0 Å². The van der Waals surface area contributed by atoms with Gasteiger partial charge in [-0.2, -0.15) is 10.4 Å². The summed E-state index contributed by atoms with van der Waals surface area (Å²) in [6, 6.07) is 9.81. The second-order valence-corrected chi connectivity index (χ2v) is 3.90. The average Bonchev–Trinajstić information content (AvgIpc) is 2.29. The summed E-state index contributed by atoms with van der Waals surface area (Å²) in [7, 11) is 0. The number of nitriles is 1. The number of anilines is 1. The first-order valence-electron chi connectivity index (χ1n) is 5.22. The Morgan fingerprint density at radius 3 is 2.56 bits per heavy atom. The first-order valence-corrected chi connectivity index (χ1v) is 5.22. The van der Waals surface area contributed by atoms with Gasteiger partial charge in [-0.3, -0.25) is 5.01 Å². The molecule has 1 heterocycles. The van der Waals surface area contributed by atoms with E-state index >= 15 is 0 Å². The van der Waals surface area contributed by atoms with Crippen molar-refractivity contribution in [1.82, 2.24) is 0 Å². The number of hydrazone groups is 1. The summed E-state index contributed by atoms with van der Waals surface area (Å²) in [6.07, 6.45) is 4.00. The summed E-state index contributed by atoms with van der Waals surface area (Å²) in [4.78, 5) is 0. The van der Waals surface area contributed by atoms with Crippen molar-refractivity contribution in [2.75, 3.05) is 5.01 Å². The Kier molecular flexibility index (Phi) is 2.74. The molecular formula is C13H13N3.